The molecule has 0 heterocycles. The summed E-state index contributed by atoms with van der Waals surface area (Å²) in [5.74, 6) is 0. The van der Waals surface area contributed by atoms with Crippen LogP contribution >= 0.6 is 0 Å². The smallest absolute Gasteiger partial charge is 0.0615 e. The summed E-state index contributed by atoms with van der Waals surface area (Å²) >= 11 is 0. The van der Waals surface area contributed by atoms with Crippen LogP contribution < -0.4 is 5.32 Å². The number of ether oxygens (including phenoxy) is 1. The molecule has 0 aromatic heterocycles. The summed E-state index contributed by atoms with van der Waals surface area (Å²) in [6, 6.07) is 1.16. The van der Waals surface area contributed by atoms with Gasteiger partial charge in [0.25, 0.3) is 0 Å². The second-order valence-corrected chi connectivity index (χ2v) is 7.34. The minimum absolute atomic E-state index is 0.463. The second kappa shape index (κ2) is 5.71. The van der Waals surface area contributed by atoms with Crippen LogP contribution in [0.5, 0.6) is 0 Å². The summed E-state index contributed by atoms with van der Waals surface area (Å²) in [5.41, 5.74) is 0.926. The first-order valence-corrected chi connectivity index (χ1v) is 7.03. The number of nitrogens with one attached hydrogen (secondary N) is 1. The maximum absolute atomic E-state index is 5.28. The van der Waals surface area contributed by atoms with E-state index in [0.717, 1.165) is 13.0 Å². The van der Waals surface area contributed by atoms with E-state index < -0.39 is 0 Å². The third kappa shape index (κ3) is 4.97. The lowest BCUT2D eigenvalue weighted by Gasteiger charge is -2.46. The molecule has 0 radical (unpaired) electrons. The highest BCUT2D eigenvalue weighted by Gasteiger charge is 2.38. The maximum Gasteiger partial charge on any atom is 0.0615 e. The van der Waals surface area contributed by atoms with Crippen LogP contribution in [0.2, 0.25) is 0 Å². The summed E-state index contributed by atoms with van der Waals surface area (Å²) in [6.45, 7) is 12.7. The second-order valence-electron chi connectivity index (χ2n) is 7.34. The Morgan fingerprint density at radius 3 is 2.12 bits per heavy atom. The van der Waals surface area contributed by atoms with Crippen molar-refractivity contribution < 1.29 is 4.74 Å². The highest BCUT2D eigenvalue weighted by Crippen LogP contribution is 2.45. The fraction of sp³-hybridized carbons (Fsp3) is 1.00. The molecule has 1 unspecified atom stereocenters. The number of hydrogen-bond donors (Lipinski definition) is 1. The molecule has 0 aromatic rings. The van der Waals surface area contributed by atoms with Gasteiger partial charge in [0.2, 0.25) is 0 Å². The lowest BCUT2D eigenvalue weighted by Crippen LogP contribution is -2.48. The molecule has 0 amide bonds. The van der Waals surface area contributed by atoms with E-state index in [1.54, 1.807) is 7.11 Å². The number of rotatable bonds is 5. The maximum atomic E-state index is 5.28. The Hall–Kier alpha value is -0.0800. The van der Waals surface area contributed by atoms with Crippen LogP contribution in [0.25, 0.3) is 0 Å². The predicted molar refractivity (Wildman–Crippen MR) is 74.3 cm³/mol. The molecule has 1 fully saturated rings. The summed E-state index contributed by atoms with van der Waals surface area (Å²) in [7, 11) is 1.79. The zero-order valence-electron chi connectivity index (χ0n) is 12.6. The van der Waals surface area contributed by atoms with Crippen LogP contribution in [0, 0.1) is 10.8 Å². The molecule has 0 saturated heterocycles. The van der Waals surface area contributed by atoms with Gasteiger partial charge in [-0.3, -0.25) is 0 Å². The zero-order valence-corrected chi connectivity index (χ0v) is 12.6. The first kappa shape index (κ1) is 15.0. The van der Waals surface area contributed by atoms with E-state index in [2.05, 4.69) is 39.9 Å². The van der Waals surface area contributed by atoms with Gasteiger partial charge in [-0.1, -0.05) is 34.6 Å². The van der Waals surface area contributed by atoms with Crippen molar-refractivity contribution in [3.63, 3.8) is 0 Å². The van der Waals surface area contributed by atoms with Crippen LogP contribution in [0.15, 0.2) is 0 Å². The van der Waals surface area contributed by atoms with E-state index >= 15 is 0 Å². The van der Waals surface area contributed by atoms with E-state index in [1.165, 1.54) is 19.3 Å². The van der Waals surface area contributed by atoms with Gasteiger partial charge in [0, 0.05) is 19.2 Å². The summed E-state index contributed by atoms with van der Waals surface area (Å²) in [5, 5.41) is 3.79. The Bertz CT molecular complexity index is 219. The van der Waals surface area contributed by atoms with Crippen molar-refractivity contribution in [1.29, 1.82) is 0 Å². The Morgan fingerprint density at radius 1 is 1.18 bits per heavy atom. The molecule has 2 nitrogen and oxygen atoms in total. The van der Waals surface area contributed by atoms with E-state index in [-0.39, 0.29) is 0 Å². The average Bonchev–Trinajstić information content (AvgIpc) is 2.11. The first-order chi connectivity index (χ1) is 7.78. The topological polar surface area (TPSA) is 21.3 Å². The van der Waals surface area contributed by atoms with Crippen molar-refractivity contribution in [3.8, 4) is 0 Å². The van der Waals surface area contributed by atoms with Crippen LogP contribution in [0.3, 0.4) is 0 Å². The Labute approximate surface area is 108 Å². The van der Waals surface area contributed by atoms with Crippen molar-refractivity contribution in [3.05, 3.63) is 0 Å². The minimum Gasteiger partial charge on any atom is -0.383 e. The fourth-order valence-electron chi connectivity index (χ4n) is 3.78. The summed E-state index contributed by atoms with van der Waals surface area (Å²) in [6.07, 6.45) is 5.05. The first-order valence-electron chi connectivity index (χ1n) is 7.03. The van der Waals surface area contributed by atoms with E-state index in [4.69, 9.17) is 4.74 Å². The molecule has 0 spiro atoms. The van der Waals surface area contributed by atoms with Gasteiger partial charge in [-0.25, -0.2) is 0 Å². The molecule has 0 aliphatic heterocycles. The van der Waals surface area contributed by atoms with E-state index in [0.29, 0.717) is 22.9 Å². The van der Waals surface area contributed by atoms with Gasteiger partial charge in [0.05, 0.1) is 6.61 Å². The van der Waals surface area contributed by atoms with E-state index in [9.17, 15) is 0 Å². The van der Waals surface area contributed by atoms with Gasteiger partial charge in [-0.05, 0) is 36.5 Å². The number of methoxy groups -OCH3 is 1. The van der Waals surface area contributed by atoms with Crippen molar-refractivity contribution in [2.75, 3.05) is 13.7 Å². The standard InChI is InChI=1S/C15H31NO/c1-7-12(10-17-6)16-13-8-14(2,3)11-15(4,5)9-13/h12-13,16H,7-11H2,1-6H3. The van der Waals surface area contributed by atoms with Gasteiger partial charge in [-0.2, -0.15) is 0 Å². The highest BCUT2D eigenvalue weighted by molar-refractivity contribution is 4.93. The molecule has 1 atom stereocenters. The predicted octanol–water partition coefficient (Wildman–Crippen LogP) is 3.61. The van der Waals surface area contributed by atoms with Crippen LogP contribution in [0.4, 0.5) is 0 Å². The molecule has 0 aromatic carbocycles. The monoisotopic (exact) mass is 241 g/mol. The molecular formula is C15H31NO. The van der Waals surface area contributed by atoms with Gasteiger partial charge in [0.15, 0.2) is 0 Å². The minimum atomic E-state index is 0.463. The third-order valence-electron chi connectivity index (χ3n) is 3.89. The normalized spacial score (nSPS) is 25.8. The molecule has 17 heavy (non-hydrogen) atoms. The van der Waals surface area contributed by atoms with Crippen LogP contribution in [-0.2, 0) is 4.74 Å². The average molecular weight is 241 g/mol. The number of hydrogen-bond acceptors (Lipinski definition) is 2. The summed E-state index contributed by atoms with van der Waals surface area (Å²) in [4.78, 5) is 0. The lowest BCUT2D eigenvalue weighted by molar-refractivity contribution is 0.0702. The SMILES string of the molecule is CCC(COC)NC1CC(C)(C)CC(C)(C)C1. The highest BCUT2D eigenvalue weighted by atomic mass is 16.5. The molecule has 1 N–H and O–H groups in total. The molecule has 1 aliphatic carbocycles. The zero-order chi connectivity index (χ0) is 13.1. The Balaban J connectivity index is 2.58. The van der Waals surface area contributed by atoms with Crippen molar-refractivity contribution in [2.24, 2.45) is 10.8 Å². The molecule has 1 rings (SSSR count). The lowest BCUT2D eigenvalue weighted by atomic mass is 9.63. The third-order valence-corrected chi connectivity index (χ3v) is 3.89. The molecule has 1 aliphatic rings. The summed E-state index contributed by atoms with van der Waals surface area (Å²) < 4.78 is 5.28. The van der Waals surface area contributed by atoms with Crippen molar-refractivity contribution in [1.82, 2.24) is 5.32 Å². The van der Waals surface area contributed by atoms with Gasteiger partial charge in [0.1, 0.15) is 0 Å². The largest absolute Gasteiger partial charge is 0.383 e. The van der Waals surface area contributed by atoms with Crippen LogP contribution in [-0.4, -0.2) is 25.8 Å². The van der Waals surface area contributed by atoms with Crippen molar-refractivity contribution >= 4 is 0 Å². The van der Waals surface area contributed by atoms with E-state index in [1.807, 2.05) is 0 Å². The quantitative estimate of drug-likeness (QED) is 0.794. The Morgan fingerprint density at radius 2 is 1.71 bits per heavy atom. The van der Waals surface area contributed by atoms with Gasteiger partial charge < -0.3 is 10.1 Å². The molecular weight excluding hydrogens is 210 g/mol. The van der Waals surface area contributed by atoms with Gasteiger partial charge >= 0.3 is 0 Å². The molecule has 2 heteroatoms. The molecule has 102 valence electrons. The fourth-order valence-corrected chi connectivity index (χ4v) is 3.78. The van der Waals surface area contributed by atoms with Gasteiger partial charge in [-0.15, -0.1) is 0 Å². The van der Waals surface area contributed by atoms with Crippen LogP contribution in [0.1, 0.15) is 60.3 Å². The van der Waals surface area contributed by atoms with Crippen molar-refractivity contribution in [2.45, 2.75) is 72.4 Å². The molecule has 1 saturated carbocycles. The molecule has 0 bridgehead atoms. The Kier molecular flexibility index (Phi) is 5.03.